The monoisotopic (exact) mass is 222 g/mol. The minimum Gasteiger partial charge on any atom is -0.466 e. The lowest BCUT2D eigenvalue weighted by Crippen LogP contribution is -2.17. The third-order valence-corrected chi connectivity index (χ3v) is 2.54. The number of hydrogen-bond acceptors (Lipinski definition) is 4. The van der Waals surface area contributed by atoms with Crippen LogP contribution in [0.3, 0.4) is 0 Å². The van der Waals surface area contributed by atoms with Gasteiger partial charge < -0.3 is 14.8 Å². The summed E-state index contributed by atoms with van der Waals surface area (Å²) in [5, 5.41) is 3.43. The van der Waals surface area contributed by atoms with Gasteiger partial charge in [0.05, 0.1) is 5.69 Å². The van der Waals surface area contributed by atoms with Crippen LogP contribution < -0.4 is 10.1 Å². The molecule has 1 fully saturated rings. The van der Waals surface area contributed by atoms with Gasteiger partial charge in [0.15, 0.2) is 6.79 Å². The molecule has 1 aromatic heterocycles. The van der Waals surface area contributed by atoms with Crippen molar-refractivity contribution in [2.45, 2.75) is 32.4 Å². The lowest BCUT2D eigenvalue weighted by atomic mass is 10.3. The summed E-state index contributed by atoms with van der Waals surface area (Å²) in [5.41, 5.74) is 1.97. The number of aromatic nitrogens is 1. The molecule has 1 heterocycles. The largest absolute Gasteiger partial charge is 0.466 e. The summed E-state index contributed by atoms with van der Waals surface area (Å²) in [5.74, 6) is 0.806. The van der Waals surface area contributed by atoms with Crippen molar-refractivity contribution in [3.05, 3.63) is 23.5 Å². The molecule has 88 valence electrons. The molecule has 0 aromatic carbocycles. The molecule has 0 bridgehead atoms. The van der Waals surface area contributed by atoms with Gasteiger partial charge in [-0.3, -0.25) is 4.98 Å². The first kappa shape index (κ1) is 11.4. The van der Waals surface area contributed by atoms with Gasteiger partial charge in [0.25, 0.3) is 0 Å². The molecule has 4 nitrogen and oxygen atoms in total. The highest BCUT2D eigenvalue weighted by atomic mass is 16.7. The van der Waals surface area contributed by atoms with Crippen molar-refractivity contribution in [2.24, 2.45) is 0 Å². The molecule has 0 atom stereocenters. The van der Waals surface area contributed by atoms with Gasteiger partial charge in [-0.1, -0.05) is 0 Å². The lowest BCUT2D eigenvalue weighted by Gasteiger charge is -2.11. The van der Waals surface area contributed by atoms with E-state index in [4.69, 9.17) is 9.47 Å². The van der Waals surface area contributed by atoms with E-state index >= 15 is 0 Å². The average Bonchev–Trinajstić information content (AvgIpc) is 3.09. The summed E-state index contributed by atoms with van der Waals surface area (Å²) in [4.78, 5) is 4.48. The van der Waals surface area contributed by atoms with Crippen molar-refractivity contribution >= 4 is 0 Å². The quantitative estimate of drug-likeness (QED) is 0.743. The predicted octanol–water partition coefficient (Wildman–Crippen LogP) is 1.62. The smallest absolute Gasteiger partial charge is 0.188 e. The van der Waals surface area contributed by atoms with Crippen LogP contribution in [-0.2, 0) is 11.3 Å². The zero-order valence-electron chi connectivity index (χ0n) is 9.82. The Labute approximate surface area is 96.0 Å². The summed E-state index contributed by atoms with van der Waals surface area (Å²) in [6.45, 7) is 3.02. The average molecular weight is 222 g/mol. The Morgan fingerprint density at radius 3 is 2.94 bits per heavy atom. The molecule has 1 aliphatic carbocycles. The van der Waals surface area contributed by atoms with Crippen LogP contribution in [0.2, 0.25) is 0 Å². The van der Waals surface area contributed by atoms with Crippen molar-refractivity contribution in [3.8, 4) is 5.75 Å². The Hall–Kier alpha value is -1.13. The molecule has 2 rings (SSSR count). The van der Waals surface area contributed by atoms with Gasteiger partial charge in [0, 0.05) is 25.4 Å². The normalized spacial score (nSPS) is 15.1. The molecule has 0 amide bonds. The lowest BCUT2D eigenvalue weighted by molar-refractivity contribution is 0.0500. The maximum atomic E-state index is 5.47. The first-order valence-electron chi connectivity index (χ1n) is 5.61. The molecule has 1 aliphatic rings. The molecule has 16 heavy (non-hydrogen) atoms. The number of nitrogens with one attached hydrogen (secondary N) is 1. The van der Waals surface area contributed by atoms with Crippen molar-refractivity contribution < 1.29 is 9.47 Å². The maximum Gasteiger partial charge on any atom is 0.188 e. The number of ether oxygens (including phenoxy) is 2. The number of hydrogen-bond donors (Lipinski definition) is 1. The second-order valence-corrected chi connectivity index (χ2v) is 4.10. The fourth-order valence-electron chi connectivity index (χ4n) is 1.51. The number of nitrogens with zero attached hydrogens (tertiary/aromatic N) is 1. The van der Waals surface area contributed by atoms with Crippen molar-refractivity contribution in [1.82, 2.24) is 10.3 Å². The predicted molar refractivity (Wildman–Crippen MR) is 61.3 cm³/mol. The summed E-state index contributed by atoms with van der Waals surface area (Å²) in [6.07, 6.45) is 2.56. The highest BCUT2D eigenvalue weighted by Gasteiger charge is 2.21. The van der Waals surface area contributed by atoms with E-state index in [0.29, 0.717) is 6.04 Å². The molecule has 4 heteroatoms. The van der Waals surface area contributed by atoms with E-state index in [1.165, 1.54) is 12.8 Å². The molecule has 0 unspecified atom stereocenters. The van der Waals surface area contributed by atoms with Crippen LogP contribution in [-0.4, -0.2) is 24.9 Å². The Kier molecular flexibility index (Phi) is 3.74. The van der Waals surface area contributed by atoms with E-state index in [0.717, 1.165) is 23.7 Å². The van der Waals surface area contributed by atoms with Crippen LogP contribution >= 0.6 is 0 Å². The molecule has 1 saturated carbocycles. The van der Waals surface area contributed by atoms with Crippen molar-refractivity contribution in [2.75, 3.05) is 13.9 Å². The second kappa shape index (κ2) is 5.27. The first-order chi connectivity index (χ1) is 7.79. The van der Waals surface area contributed by atoms with E-state index in [-0.39, 0.29) is 6.79 Å². The highest BCUT2D eigenvalue weighted by molar-refractivity contribution is 5.29. The van der Waals surface area contributed by atoms with Gasteiger partial charge in [0.1, 0.15) is 5.75 Å². The molecular formula is C12H18N2O2. The van der Waals surface area contributed by atoms with Crippen LogP contribution in [0.15, 0.2) is 12.1 Å². The number of rotatable bonds is 6. The minimum absolute atomic E-state index is 0.265. The SMILES string of the molecule is COCOc1ccc(C)nc1CNC1CC1. The van der Waals surface area contributed by atoms with Crippen LogP contribution in [0.4, 0.5) is 0 Å². The molecular weight excluding hydrogens is 204 g/mol. The van der Waals surface area contributed by atoms with Crippen molar-refractivity contribution in [1.29, 1.82) is 0 Å². The molecule has 0 saturated heterocycles. The first-order valence-corrected chi connectivity index (χ1v) is 5.61. The fourth-order valence-corrected chi connectivity index (χ4v) is 1.51. The number of methoxy groups -OCH3 is 1. The third-order valence-electron chi connectivity index (χ3n) is 2.54. The second-order valence-electron chi connectivity index (χ2n) is 4.10. The number of aryl methyl sites for hydroxylation is 1. The molecule has 0 spiro atoms. The molecule has 1 N–H and O–H groups in total. The summed E-state index contributed by atoms with van der Waals surface area (Å²) >= 11 is 0. The maximum absolute atomic E-state index is 5.47. The van der Waals surface area contributed by atoms with Crippen LogP contribution in [0.5, 0.6) is 5.75 Å². The summed E-state index contributed by atoms with van der Waals surface area (Å²) in [7, 11) is 1.61. The van der Waals surface area contributed by atoms with E-state index in [1.54, 1.807) is 7.11 Å². The Morgan fingerprint density at radius 1 is 1.44 bits per heavy atom. The van der Waals surface area contributed by atoms with E-state index in [2.05, 4.69) is 10.3 Å². The minimum atomic E-state index is 0.265. The van der Waals surface area contributed by atoms with Gasteiger partial charge in [-0.2, -0.15) is 0 Å². The van der Waals surface area contributed by atoms with Gasteiger partial charge in [-0.05, 0) is 31.9 Å². The fraction of sp³-hybridized carbons (Fsp3) is 0.583. The van der Waals surface area contributed by atoms with Gasteiger partial charge in [0.2, 0.25) is 0 Å². The van der Waals surface area contributed by atoms with E-state index in [1.807, 2.05) is 19.1 Å². The molecule has 0 radical (unpaired) electrons. The Morgan fingerprint density at radius 2 is 2.25 bits per heavy atom. The Balaban J connectivity index is 2.01. The zero-order chi connectivity index (χ0) is 11.4. The Bertz CT molecular complexity index is 351. The molecule has 0 aliphatic heterocycles. The van der Waals surface area contributed by atoms with Crippen LogP contribution in [0, 0.1) is 6.92 Å². The van der Waals surface area contributed by atoms with Crippen LogP contribution in [0.25, 0.3) is 0 Å². The van der Waals surface area contributed by atoms with Crippen molar-refractivity contribution in [3.63, 3.8) is 0 Å². The summed E-state index contributed by atoms with van der Waals surface area (Å²) in [6, 6.07) is 4.58. The van der Waals surface area contributed by atoms with Gasteiger partial charge in [-0.25, -0.2) is 0 Å². The van der Waals surface area contributed by atoms with E-state index in [9.17, 15) is 0 Å². The molecule has 1 aromatic rings. The summed E-state index contributed by atoms with van der Waals surface area (Å²) < 4.78 is 10.4. The highest BCUT2D eigenvalue weighted by Crippen LogP contribution is 2.21. The van der Waals surface area contributed by atoms with Gasteiger partial charge >= 0.3 is 0 Å². The van der Waals surface area contributed by atoms with Crippen LogP contribution in [0.1, 0.15) is 24.2 Å². The van der Waals surface area contributed by atoms with Gasteiger partial charge in [-0.15, -0.1) is 0 Å². The number of pyridine rings is 1. The van der Waals surface area contributed by atoms with E-state index < -0.39 is 0 Å². The third kappa shape index (κ3) is 3.18. The standard InChI is InChI=1S/C12H18N2O2/c1-9-3-6-12(16-8-15-2)11(14-9)7-13-10-4-5-10/h3,6,10,13H,4-5,7-8H2,1-2H3. The topological polar surface area (TPSA) is 43.4 Å². The zero-order valence-corrected chi connectivity index (χ0v) is 9.82.